The lowest BCUT2D eigenvalue weighted by Crippen LogP contribution is -2.03. The molecule has 0 saturated heterocycles. The third-order valence-corrected chi connectivity index (χ3v) is 2.06. The van der Waals surface area contributed by atoms with Crippen molar-refractivity contribution in [2.24, 2.45) is 0 Å². The maximum absolute atomic E-state index is 13.3. The fourth-order valence-electron chi connectivity index (χ4n) is 1.30. The number of aromatic nitrogens is 2. The van der Waals surface area contributed by atoms with Gasteiger partial charge in [0.1, 0.15) is 0 Å². The number of hydrogen-bond acceptors (Lipinski definition) is 3. The molecule has 4 nitrogen and oxygen atoms in total. The number of carboxylic acids is 1. The third-order valence-electron chi connectivity index (χ3n) is 2.06. The third kappa shape index (κ3) is 1.88. The Balaban J connectivity index is 2.46. The van der Waals surface area contributed by atoms with Gasteiger partial charge < -0.3 is 5.11 Å². The molecule has 0 aliphatic carbocycles. The zero-order valence-corrected chi connectivity index (χ0v) is 8.09. The molecule has 0 fully saturated rings. The largest absolute Gasteiger partial charge is 0.476 e. The van der Waals surface area contributed by atoms with E-state index < -0.39 is 17.5 Å². The van der Waals surface area contributed by atoms with Gasteiger partial charge in [-0.25, -0.2) is 14.2 Å². The molecule has 0 atom stereocenters. The van der Waals surface area contributed by atoms with Gasteiger partial charge in [0, 0.05) is 24.2 Å². The number of aromatic carboxylic acids is 1. The number of carboxylic acid groups (broad SMARTS) is 1. The van der Waals surface area contributed by atoms with E-state index in [1.165, 1.54) is 6.20 Å². The Morgan fingerprint density at radius 3 is 2.50 bits per heavy atom. The van der Waals surface area contributed by atoms with E-state index in [4.69, 9.17) is 5.11 Å². The van der Waals surface area contributed by atoms with Crippen LogP contribution in [0.25, 0.3) is 11.1 Å². The van der Waals surface area contributed by atoms with Crippen LogP contribution in [0.3, 0.4) is 0 Å². The average molecular weight is 218 g/mol. The van der Waals surface area contributed by atoms with Crippen molar-refractivity contribution in [2.45, 2.75) is 0 Å². The van der Waals surface area contributed by atoms with E-state index in [0.717, 1.165) is 11.6 Å². The Morgan fingerprint density at radius 2 is 1.94 bits per heavy atom. The summed E-state index contributed by atoms with van der Waals surface area (Å²) in [6.45, 7) is 0. The summed E-state index contributed by atoms with van der Waals surface area (Å²) in [5.74, 6) is -2.22. The Morgan fingerprint density at radius 1 is 1.25 bits per heavy atom. The summed E-state index contributed by atoms with van der Waals surface area (Å²) in [6, 6.07) is 4.53. The summed E-state index contributed by atoms with van der Waals surface area (Å²) in [5, 5.41) is 8.61. The van der Waals surface area contributed by atoms with Crippen molar-refractivity contribution < 1.29 is 14.3 Å². The summed E-state index contributed by atoms with van der Waals surface area (Å²) in [6.07, 6.45) is 4.46. The minimum absolute atomic E-state index is 0.518. The molecule has 2 aromatic heterocycles. The summed E-state index contributed by atoms with van der Waals surface area (Å²) in [7, 11) is 0. The highest BCUT2D eigenvalue weighted by atomic mass is 19.1. The number of carbonyl (C=O) groups is 1. The van der Waals surface area contributed by atoms with E-state index in [-0.39, 0.29) is 0 Å². The van der Waals surface area contributed by atoms with Crippen LogP contribution >= 0.6 is 0 Å². The zero-order chi connectivity index (χ0) is 11.5. The minimum Gasteiger partial charge on any atom is -0.476 e. The number of nitrogens with zero attached hydrogens (tertiary/aromatic N) is 2. The topological polar surface area (TPSA) is 63.1 Å². The lowest BCUT2D eigenvalue weighted by Gasteiger charge is -2.02. The highest BCUT2D eigenvalue weighted by Gasteiger charge is 2.12. The molecule has 5 heteroatoms. The second kappa shape index (κ2) is 4.06. The zero-order valence-electron chi connectivity index (χ0n) is 8.09. The van der Waals surface area contributed by atoms with Crippen molar-refractivity contribution in [3.8, 4) is 11.1 Å². The van der Waals surface area contributed by atoms with Gasteiger partial charge >= 0.3 is 5.97 Å². The highest BCUT2D eigenvalue weighted by molar-refractivity contribution is 5.86. The van der Waals surface area contributed by atoms with E-state index >= 15 is 0 Å². The van der Waals surface area contributed by atoms with Gasteiger partial charge in [0.25, 0.3) is 0 Å². The van der Waals surface area contributed by atoms with E-state index in [1.54, 1.807) is 24.5 Å². The Kier molecular flexibility index (Phi) is 2.59. The van der Waals surface area contributed by atoms with Gasteiger partial charge in [0.15, 0.2) is 11.5 Å². The lowest BCUT2D eigenvalue weighted by molar-refractivity contribution is 0.0685. The first kappa shape index (κ1) is 10.2. The number of halogens is 1. The highest BCUT2D eigenvalue weighted by Crippen LogP contribution is 2.19. The van der Waals surface area contributed by atoms with Gasteiger partial charge in [0.05, 0.1) is 0 Å². The van der Waals surface area contributed by atoms with Gasteiger partial charge in [0.2, 0.25) is 0 Å². The molecule has 0 aliphatic rings. The predicted molar refractivity (Wildman–Crippen MR) is 54.4 cm³/mol. The van der Waals surface area contributed by atoms with Crippen LogP contribution in [0.2, 0.25) is 0 Å². The summed E-state index contributed by atoms with van der Waals surface area (Å²) in [5.41, 5.74) is 0.682. The summed E-state index contributed by atoms with van der Waals surface area (Å²) < 4.78 is 13.3. The monoisotopic (exact) mass is 218 g/mol. The number of rotatable bonds is 2. The van der Waals surface area contributed by atoms with Gasteiger partial charge in [-0.1, -0.05) is 0 Å². The molecule has 0 spiro atoms. The Labute approximate surface area is 90.4 Å². The molecule has 2 heterocycles. The molecule has 16 heavy (non-hydrogen) atoms. The van der Waals surface area contributed by atoms with Gasteiger partial charge in [-0.3, -0.25) is 4.98 Å². The van der Waals surface area contributed by atoms with Crippen molar-refractivity contribution in [2.75, 3.05) is 0 Å². The Bertz CT molecular complexity index is 529. The van der Waals surface area contributed by atoms with Crippen LogP contribution in [0, 0.1) is 5.82 Å². The molecule has 0 aliphatic heterocycles. The van der Waals surface area contributed by atoms with Crippen LogP contribution in [-0.4, -0.2) is 21.0 Å². The van der Waals surface area contributed by atoms with Gasteiger partial charge in [-0.15, -0.1) is 0 Å². The smallest absolute Gasteiger partial charge is 0.357 e. The molecule has 0 amide bonds. The van der Waals surface area contributed by atoms with E-state index in [9.17, 15) is 9.18 Å². The molecule has 0 aromatic carbocycles. The summed E-state index contributed by atoms with van der Waals surface area (Å²) in [4.78, 5) is 17.9. The molecule has 0 unspecified atom stereocenters. The van der Waals surface area contributed by atoms with Crippen molar-refractivity contribution in [1.82, 2.24) is 9.97 Å². The van der Waals surface area contributed by atoms with Crippen LogP contribution in [0.4, 0.5) is 4.39 Å². The SMILES string of the molecule is O=C(O)c1ncc(-c2ccncc2)cc1F. The molecule has 2 aromatic rings. The first-order valence-corrected chi connectivity index (χ1v) is 4.47. The van der Waals surface area contributed by atoms with E-state index in [0.29, 0.717) is 5.56 Å². The van der Waals surface area contributed by atoms with Crippen LogP contribution in [0.5, 0.6) is 0 Å². The first-order chi connectivity index (χ1) is 7.68. The van der Waals surface area contributed by atoms with Gasteiger partial charge in [-0.2, -0.15) is 0 Å². The second-order valence-electron chi connectivity index (χ2n) is 3.10. The molecule has 1 N–H and O–H groups in total. The van der Waals surface area contributed by atoms with Crippen molar-refractivity contribution in [1.29, 1.82) is 0 Å². The summed E-state index contributed by atoms with van der Waals surface area (Å²) >= 11 is 0. The Hall–Kier alpha value is -2.30. The van der Waals surface area contributed by atoms with Crippen LogP contribution in [0.15, 0.2) is 36.8 Å². The normalized spacial score (nSPS) is 10.1. The molecule has 0 saturated carbocycles. The van der Waals surface area contributed by atoms with Gasteiger partial charge in [-0.05, 0) is 23.8 Å². The van der Waals surface area contributed by atoms with Crippen LogP contribution < -0.4 is 0 Å². The van der Waals surface area contributed by atoms with Crippen molar-refractivity contribution in [3.05, 3.63) is 48.3 Å². The average Bonchev–Trinajstić information content (AvgIpc) is 2.29. The predicted octanol–water partition coefficient (Wildman–Crippen LogP) is 1.98. The molecule has 2 rings (SSSR count). The van der Waals surface area contributed by atoms with Crippen molar-refractivity contribution >= 4 is 5.97 Å². The quantitative estimate of drug-likeness (QED) is 0.837. The first-order valence-electron chi connectivity index (χ1n) is 4.47. The molecule has 0 bridgehead atoms. The van der Waals surface area contributed by atoms with Crippen LogP contribution in [-0.2, 0) is 0 Å². The fraction of sp³-hybridized carbons (Fsp3) is 0. The molecular formula is C11H7FN2O2. The number of pyridine rings is 2. The van der Waals surface area contributed by atoms with E-state index in [1.807, 2.05) is 0 Å². The van der Waals surface area contributed by atoms with Crippen LogP contribution in [0.1, 0.15) is 10.5 Å². The van der Waals surface area contributed by atoms with E-state index in [2.05, 4.69) is 9.97 Å². The second-order valence-corrected chi connectivity index (χ2v) is 3.10. The lowest BCUT2D eigenvalue weighted by atomic mass is 10.1. The fourth-order valence-corrected chi connectivity index (χ4v) is 1.30. The minimum atomic E-state index is -1.38. The maximum Gasteiger partial charge on any atom is 0.357 e. The van der Waals surface area contributed by atoms with Crippen molar-refractivity contribution in [3.63, 3.8) is 0 Å². The maximum atomic E-state index is 13.3. The standard InChI is InChI=1S/C11H7FN2O2/c12-9-5-8(6-14-10(9)11(15)16)7-1-3-13-4-2-7/h1-6H,(H,15,16). The number of hydrogen-bond donors (Lipinski definition) is 1. The molecule has 80 valence electrons. The molecular weight excluding hydrogens is 211 g/mol. The molecule has 0 radical (unpaired) electrons.